The van der Waals surface area contributed by atoms with Gasteiger partial charge in [0, 0.05) is 28.2 Å². The zero-order valence-corrected chi connectivity index (χ0v) is 15.6. The summed E-state index contributed by atoms with van der Waals surface area (Å²) in [5.74, 6) is 6.13. The van der Waals surface area contributed by atoms with Crippen LogP contribution < -0.4 is 0 Å². The van der Waals surface area contributed by atoms with Gasteiger partial charge in [0.2, 0.25) is 0 Å². The lowest BCUT2D eigenvalue weighted by Gasteiger charge is -2.32. The van der Waals surface area contributed by atoms with Crippen molar-refractivity contribution in [1.29, 1.82) is 0 Å². The standard InChI is InChI=1S/C18H20BFN2O2S/c1-17(2)18(3,4)24-19(23-17)16(20)11-15-10-14(12-25-15)6-5-8-22-9-7-21-13-22/h7,9-13H,8H2,1-4H3. The Morgan fingerprint density at radius 3 is 2.72 bits per heavy atom. The van der Waals surface area contributed by atoms with E-state index in [1.165, 1.54) is 17.4 Å². The first-order chi connectivity index (χ1) is 11.8. The van der Waals surface area contributed by atoms with Crippen LogP contribution in [0.2, 0.25) is 0 Å². The van der Waals surface area contributed by atoms with Crippen molar-refractivity contribution in [2.75, 3.05) is 0 Å². The molecule has 2 aromatic rings. The molecule has 1 aliphatic rings. The van der Waals surface area contributed by atoms with Gasteiger partial charge >= 0.3 is 7.12 Å². The summed E-state index contributed by atoms with van der Waals surface area (Å²) in [7, 11) is -0.970. The minimum absolute atomic E-state index is 0.432. The van der Waals surface area contributed by atoms with Gasteiger partial charge in [-0.25, -0.2) is 9.37 Å². The summed E-state index contributed by atoms with van der Waals surface area (Å²) in [6.07, 6.45) is 6.74. The lowest BCUT2D eigenvalue weighted by Crippen LogP contribution is -2.41. The molecule has 0 spiro atoms. The molecule has 1 aliphatic heterocycles. The number of halogens is 1. The van der Waals surface area contributed by atoms with E-state index >= 15 is 0 Å². The molecule has 0 saturated carbocycles. The van der Waals surface area contributed by atoms with Crippen LogP contribution in [0.25, 0.3) is 6.08 Å². The Morgan fingerprint density at radius 1 is 1.36 bits per heavy atom. The third kappa shape index (κ3) is 4.04. The van der Waals surface area contributed by atoms with Crippen LogP contribution in [0.15, 0.2) is 35.9 Å². The van der Waals surface area contributed by atoms with Gasteiger partial charge in [0.1, 0.15) is 5.73 Å². The first kappa shape index (κ1) is 17.9. The Kier molecular flexibility index (Phi) is 4.87. The van der Waals surface area contributed by atoms with Crippen LogP contribution in [0.5, 0.6) is 0 Å². The molecule has 25 heavy (non-hydrogen) atoms. The second kappa shape index (κ2) is 6.79. The predicted octanol–water partition coefficient (Wildman–Crippen LogP) is 3.94. The molecule has 2 aromatic heterocycles. The summed E-state index contributed by atoms with van der Waals surface area (Å²) >= 11 is 1.44. The first-order valence-corrected chi connectivity index (χ1v) is 8.91. The predicted molar refractivity (Wildman–Crippen MR) is 98.6 cm³/mol. The van der Waals surface area contributed by atoms with Crippen molar-refractivity contribution in [2.45, 2.75) is 45.4 Å². The number of rotatable bonds is 3. The molecular weight excluding hydrogens is 338 g/mol. The van der Waals surface area contributed by atoms with E-state index in [0.717, 1.165) is 10.4 Å². The van der Waals surface area contributed by atoms with Crippen LogP contribution in [0.4, 0.5) is 4.39 Å². The fourth-order valence-corrected chi connectivity index (χ4v) is 3.03. The van der Waals surface area contributed by atoms with Crippen LogP contribution in [-0.4, -0.2) is 27.9 Å². The number of hydrogen-bond acceptors (Lipinski definition) is 4. The molecule has 0 bridgehead atoms. The largest absolute Gasteiger partial charge is 0.525 e. The molecule has 0 radical (unpaired) electrons. The van der Waals surface area contributed by atoms with Gasteiger partial charge in [0.15, 0.2) is 0 Å². The number of thiophene rings is 1. The van der Waals surface area contributed by atoms with E-state index in [1.54, 1.807) is 12.5 Å². The lowest BCUT2D eigenvalue weighted by molar-refractivity contribution is 0.00578. The monoisotopic (exact) mass is 358 g/mol. The quantitative estimate of drug-likeness (QED) is 0.616. The minimum atomic E-state index is -0.970. The van der Waals surface area contributed by atoms with Crippen molar-refractivity contribution in [1.82, 2.24) is 9.55 Å². The summed E-state index contributed by atoms with van der Waals surface area (Å²) in [6, 6.07) is 1.86. The highest BCUT2D eigenvalue weighted by Gasteiger charge is 2.53. The van der Waals surface area contributed by atoms with Gasteiger partial charge in [-0.2, -0.15) is 0 Å². The molecule has 3 rings (SSSR count). The smallest absolute Gasteiger partial charge is 0.398 e. The average molecular weight is 358 g/mol. The van der Waals surface area contributed by atoms with Crippen molar-refractivity contribution in [2.24, 2.45) is 0 Å². The van der Waals surface area contributed by atoms with Gasteiger partial charge in [0.05, 0.1) is 24.1 Å². The van der Waals surface area contributed by atoms with E-state index in [-0.39, 0.29) is 0 Å². The summed E-state index contributed by atoms with van der Waals surface area (Å²) in [5, 5.41) is 1.91. The van der Waals surface area contributed by atoms with Gasteiger partial charge in [-0.3, -0.25) is 0 Å². The Bertz CT molecular complexity index is 815. The van der Waals surface area contributed by atoms with Crippen LogP contribution >= 0.6 is 11.3 Å². The molecule has 1 saturated heterocycles. The summed E-state index contributed by atoms with van der Waals surface area (Å²) in [4.78, 5) is 4.74. The van der Waals surface area contributed by atoms with Crippen molar-refractivity contribution >= 4 is 24.5 Å². The highest BCUT2D eigenvalue weighted by Crippen LogP contribution is 2.39. The zero-order chi connectivity index (χ0) is 18.1. The highest BCUT2D eigenvalue weighted by atomic mass is 32.1. The molecule has 0 aromatic carbocycles. The lowest BCUT2D eigenvalue weighted by atomic mass is 9.87. The zero-order valence-electron chi connectivity index (χ0n) is 14.7. The highest BCUT2D eigenvalue weighted by molar-refractivity contribution is 7.11. The maximum absolute atomic E-state index is 14.5. The minimum Gasteiger partial charge on any atom is -0.398 e. The normalized spacial score (nSPS) is 18.9. The molecule has 130 valence electrons. The SMILES string of the molecule is CC1(C)OB(C(F)=Cc2cc(C#CCn3ccnc3)cs2)OC1(C)C. The summed E-state index contributed by atoms with van der Waals surface area (Å²) < 4.78 is 27.8. The summed E-state index contributed by atoms with van der Waals surface area (Å²) in [6.45, 7) is 8.18. The Balaban J connectivity index is 1.66. The van der Waals surface area contributed by atoms with Crippen molar-refractivity contribution < 1.29 is 13.7 Å². The van der Waals surface area contributed by atoms with Crippen molar-refractivity contribution in [3.8, 4) is 11.8 Å². The third-order valence-electron chi connectivity index (χ3n) is 4.43. The molecule has 0 amide bonds. The number of nitrogens with zero attached hydrogens (tertiary/aromatic N) is 2. The third-order valence-corrected chi connectivity index (χ3v) is 5.31. The number of aromatic nitrogens is 2. The molecule has 1 fully saturated rings. The molecule has 0 unspecified atom stereocenters. The van der Waals surface area contributed by atoms with E-state index in [2.05, 4.69) is 16.8 Å². The topological polar surface area (TPSA) is 36.3 Å². The van der Waals surface area contributed by atoms with E-state index in [1.807, 2.05) is 49.9 Å². The Labute approximate surface area is 151 Å². The van der Waals surface area contributed by atoms with Gasteiger partial charge < -0.3 is 13.9 Å². The van der Waals surface area contributed by atoms with Crippen molar-refractivity contribution in [3.05, 3.63) is 46.3 Å². The van der Waals surface area contributed by atoms with E-state index in [9.17, 15) is 4.39 Å². The van der Waals surface area contributed by atoms with E-state index < -0.39 is 24.0 Å². The fourth-order valence-electron chi connectivity index (χ4n) is 2.27. The molecule has 0 N–H and O–H groups in total. The molecule has 0 atom stereocenters. The average Bonchev–Trinajstić information content (AvgIpc) is 3.21. The maximum atomic E-state index is 14.5. The first-order valence-electron chi connectivity index (χ1n) is 8.03. The van der Waals surface area contributed by atoms with Gasteiger partial charge in [-0.15, -0.1) is 11.3 Å². The Morgan fingerprint density at radius 2 is 2.08 bits per heavy atom. The van der Waals surface area contributed by atoms with E-state index in [0.29, 0.717) is 6.54 Å². The van der Waals surface area contributed by atoms with Crippen molar-refractivity contribution in [3.63, 3.8) is 0 Å². The number of hydrogen-bond donors (Lipinski definition) is 0. The maximum Gasteiger partial charge on any atom is 0.525 e. The fraction of sp³-hybridized carbons (Fsp3) is 0.389. The molecular formula is C18H20BFN2O2S. The van der Waals surface area contributed by atoms with Gasteiger partial charge in [0.25, 0.3) is 0 Å². The molecule has 0 aliphatic carbocycles. The van der Waals surface area contributed by atoms with Gasteiger partial charge in [-0.05, 0) is 39.8 Å². The summed E-state index contributed by atoms with van der Waals surface area (Å²) in [5.41, 5.74) is -0.679. The molecule has 7 heteroatoms. The second-order valence-electron chi connectivity index (χ2n) is 6.89. The second-order valence-corrected chi connectivity index (χ2v) is 7.83. The van der Waals surface area contributed by atoms with E-state index in [4.69, 9.17) is 9.31 Å². The van der Waals surface area contributed by atoms with Gasteiger partial charge in [-0.1, -0.05) is 11.8 Å². The van der Waals surface area contributed by atoms with Crippen LogP contribution in [0.3, 0.4) is 0 Å². The Hall–Kier alpha value is -1.88. The van der Waals surface area contributed by atoms with Crippen LogP contribution in [-0.2, 0) is 15.9 Å². The molecule has 3 heterocycles. The van der Waals surface area contributed by atoms with Crippen LogP contribution in [0, 0.1) is 11.8 Å². The number of imidazole rings is 1. The van der Waals surface area contributed by atoms with Crippen LogP contribution in [0.1, 0.15) is 38.1 Å². The molecule has 4 nitrogen and oxygen atoms in total.